The Kier molecular flexibility index (Phi) is 5.88. The number of aliphatic hydroxyl groups excluding tert-OH is 1. The molecule has 2 unspecified atom stereocenters. The van der Waals surface area contributed by atoms with Crippen LogP contribution in [0.25, 0.3) is 0 Å². The minimum absolute atomic E-state index is 0.160. The number of phenolic OH excluding ortho intramolecular Hbond substituents is 1. The molecule has 4 nitrogen and oxygen atoms in total. The Balaban J connectivity index is 2.11. The Labute approximate surface area is 127 Å². The fourth-order valence-electron chi connectivity index (χ4n) is 3.30. The van der Waals surface area contributed by atoms with Gasteiger partial charge in [-0.3, -0.25) is 0 Å². The summed E-state index contributed by atoms with van der Waals surface area (Å²) in [4.78, 5) is 2.37. The van der Waals surface area contributed by atoms with Crippen molar-refractivity contribution in [1.82, 2.24) is 5.32 Å². The summed E-state index contributed by atoms with van der Waals surface area (Å²) in [6.45, 7) is 6.32. The van der Waals surface area contributed by atoms with Crippen LogP contribution in [0.5, 0.6) is 5.75 Å². The lowest BCUT2D eigenvalue weighted by atomic mass is 10.0. The Bertz CT molecular complexity index is 450. The first-order valence-corrected chi connectivity index (χ1v) is 8.11. The number of hydrogen-bond donors (Lipinski definition) is 3. The zero-order chi connectivity index (χ0) is 15.2. The molecular weight excluding hydrogens is 264 g/mol. The van der Waals surface area contributed by atoms with Crippen molar-refractivity contribution in [2.45, 2.75) is 51.6 Å². The maximum absolute atomic E-state index is 10.3. The summed E-state index contributed by atoms with van der Waals surface area (Å²) in [5.41, 5.74) is 2.05. The molecule has 0 saturated carbocycles. The molecule has 2 atom stereocenters. The minimum Gasteiger partial charge on any atom is -0.508 e. The average molecular weight is 292 g/mol. The molecular formula is C17H28N2O2. The highest BCUT2D eigenvalue weighted by Crippen LogP contribution is 2.33. The quantitative estimate of drug-likeness (QED) is 0.723. The van der Waals surface area contributed by atoms with Gasteiger partial charge in [0, 0.05) is 42.6 Å². The number of benzene rings is 1. The van der Waals surface area contributed by atoms with Gasteiger partial charge in [-0.2, -0.15) is 0 Å². The van der Waals surface area contributed by atoms with E-state index in [1.807, 2.05) is 12.1 Å². The third-order valence-electron chi connectivity index (χ3n) is 4.40. The van der Waals surface area contributed by atoms with Crippen LogP contribution in [-0.2, 0) is 0 Å². The van der Waals surface area contributed by atoms with E-state index in [1.165, 1.54) is 12.8 Å². The molecule has 118 valence electrons. The number of aromatic hydroxyl groups is 1. The summed E-state index contributed by atoms with van der Waals surface area (Å²) in [5.74, 6) is 0.369. The van der Waals surface area contributed by atoms with Gasteiger partial charge < -0.3 is 20.4 Å². The first kappa shape index (κ1) is 16.1. The van der Waals surface area contributed by atoms with Crippen LogP contribution in [0.4, 0.5) is 5.69 Å². The van der Waals surface area contributed by atoms with Crippen molar-refractivity contribution >= 4 is 5.69 Å². The number of anilines is 1. The molecule has 1 heterocycles. The van der Waals surface area contributed by atoms with Crippen LogP contribution in [0.1, 0.15) is 51.1 Å². The van der Waals surface area contributed by atoms with E-state index in [0.29, 0.717) is 11.8 Å². The predicted molar refractivity (Wildman–Crippen MR) is 86.9 cm³/mol. The standard InChI is InChI=1S/C17H28N2O2/c1-3-18-13(2)16-9-8-15(12-17(16)21)19-10-4-6-14(19)7-5-11-20/h8-9,12-14,18,20-21H,3-7,10-11H2,1-2H3. The third kappa shape index (κ3) is 3.89. The number of nitrogens with zero attached hydrogens (tertiary/aromatic N) is 1. The van der Waals surface area contributed by atoms with Gasteiger partial charge in [0.05, 0.1) is 0 Å². The zero-order valence-electron chi connectivity index (χ0n) is 13.2. The van der Waals surface area contributed by atoms with Gasteiger partial charge in [0.2, 0.25) is 0 Å². The van der Waals surface area contributed by atoms with Crippen molar-refractivity contribution in [2.75, 3.05) is 24.6 Å². The lowest BCUT2D eigenvalue weighted by molar-refractivity contribution is 0.279. The number of rotatable bonds is 7. The minimum atomic E-state index is 0.160. The van der Waals surface area contributed by atoms with Crippen LogP contribution in [0.2, 0.25) is 0 Å². The van der Waals surface area contributed by atoms with E-state index in [9.17, 15) is 5.11 Å². The van der Waals surface area contributed by atoms with Gasteiger partial charge >= 0.3 is 0 Å². The van der Waals surface area contributed by atoms with Crippen LogP contribution in [-0.4, -0.2) is 36.0 Å². The number of aliphatic hydroxyl groups is 1. The van der Waals surface area contributed by atoms with Gasteiger partial charge in [0.25, 0.3) is 0 Å². The fraction of sp³-hybridized carbons (Fsp3) is 0.647. The lowest BCUT2D eigenvalue weighted by Crippen LogP contribution is -2.29. The van der Waals surface area contributed by atoms with Gasteiger partial charge in [-0.1, -0.05) is 13.0 Å². The number of nitrogens with one attached hydrogen (secondary N) is 1. The maximum Gasteiger partial charge on any atom is 0.122 e. The molecule has 1 saturated heterocycles. The Morgan fingerprint density at radius 3 is 2.90 bits per heavy atom. The Hall–Kier alpha value is -1.26. The first-order chi connectivity index (χ1) is 10.2. The molecule has 1 fully saturated rings. The second-order valence-corrected chi connectivity index (χ2v) is 5.88. The van der Waals surface area contributed by atoms with Crippen molar-refractivity contribution < 1.29 is 10.2 Å². The van der Waals surface area contributed by atoms with Crippen molar-refractivity contribution in [1.29, 1.82) is 0 Å². The number of phenols is 1. The molecule has 1 aromatic carbocycles. The molecule has 0 bridgehead atoms. The molecule has 1 aliphatic rings. The monoisotopic (exact) mass is 292 g/mol. The molecule has 0 aromatic heterocycles. The Morgan fingerprint density at radius 2 is 2.24 bits per heavy atom. The molecule has 3 N–H and O–H groups in total. The highest BCUT2D eigenvalue weighted by atomic mass is 16.3. The van der Waals surface area contributed by atoms with Gasteiger partial charge in [-0.05, 0) is 45.2 Å². The van der Waals surface area contributed by atoms with E-state index in [-0.39, 0.29) is 12.6 Å². The van der Waals surface area contributed by atoms with E-state index < -0.39 is 0 Å². The normalized spacial score (nSPS) is 20.0. The molecule has 0 spiro atoms. The molecule has 0 aliphatic carbocycles. The van der Waals surface area contributed by atoms with E-state index in [2.05, 4.69) is 30.1 Å². The van der Waals surface area contributed by atoms with Crippen molar-refractivity contribution in [3.8, 4) is 5.75 Å². The summed E-state index contributed by atoms with van der Waals surface area (Å²) >= 11 is 0. The van der Waals surface area contributed by atoms with E-state index in [0.717, 1.165) is 37.2 Å². The molecule has 0 amide bonds. The number of hydrogen-bond acceptors (Lipinski definition) is 4. The topological polar surface area (TPSA) is 55.7 Å². The highest BCUT2D eigenvalue weighted by molar-refractivity contribution is 5.55. The summed E-state index contributed by atoms with van der Waals surface area (Å²) in [6.07, 6.45) is 4.23. The molecule has 4 heteroatoms. The molecule has 1 aliphatic heterocycles. The maximum atomic E-state index is 10.3. The molecule has 2 rings (SSSR count). The van der Waals surface area contributed by atoms with E-state index >= 15 is 0 Å². The fourth-order valence-corrected chi connectivity index (χ4v) is 3.30. The molecule has 21 heavy (non-hydrogen) atoms. The summed E-state index contributed by atoms with van der Waals surface area (Å²) in [6, 6.07) is 6.68. The lowest BCUT2D eigenvalue weighted by Gasteiger charge is -2.27. The summed E-state index contributed by atoms with van der Waals surface area (Å²) < 4.78 is 0. The summed E-state index contributed by atoms with van der Waals surface area (Å²) in [5, 5.41) is 22.6. The molecule has 0 radical (unpaired) electrons. The Morgan fingerprint density at radius 1 is 1.43 bits per heavy atom. The van der Waals surface area contributed by atoms with Crippen molar-refractivity contribution in [3.05, 3.63) is 23.8 Å². The van der Waals surface area contributed by atoms with Crippen LogP contribution < -0.4 is 10.2 Å². The van der Waals surface area contributed by atoms with Crippen molar-refractivity contribution in [3.63, 3.8) is 0 Å². The zero-order valence-corrected chi connectivity index (χ0v) is 13.2. The first-order valence-electron chi connectivity index (χ1n) is 8.11. The predicted octanol–water partition coefficient (Wildman–Crippen LogP) is 2.80. The van der Waals surface area contributed by atoms with E-state index in [1.54, 1.807) is 0 Å². The van der Waals surface area contributed by atoms with E-state index in [4.69, 9.17) is 5.11 Å². The SMILES string of the molecule is CCNC(C)c1ccc(N2CCCC2CCCO)cc1O. The van der Waals surface area contributed by atoms with Crippen LogP contribution in [0, 0.1) is 0 Å². The van der Waals surface area contributed by atoms with Gasteiger partial charge in [0.1, 0.15) is 5.75 Å². The summed E-state index contributed by atoms with van der Waals surface area (Å²) in [7, 11) is 0. The third-order valence-corrected chi connectivity index (χ3v) is 4.40. The van der Waals surface area contributed by atoms with Gasteiger partial charge in [0.15, 0.2) is 0 Å². The molecule has 1 aromatic rings. The second-order valence-electron chi connectivity index (χ2n) is 5.88. The van der Waals surface area contributed by atoms with Crippen molar-refractivity contribution in [2.24, 2.45) is 0 Å². The van der Waals surface area contributed by atoms with Gasteiger partial charge in [-0.25, -0.2) is 0 Å². The highest BCUT2D eigenvalue weighted by Gasteiger charge is 2.25. The average Bonchev–Trinajstić information content (AvgIpc) is 2.93. The van der Waals surface area contributed by atoms with Crippen LogP contribution >= 0.6 is 0 Å². The smallest absolute Gasteiger partial charge is 0.122 e. The van der Waals surface area contributed by atoms with Gasteiger partial charge in [-0.15, -0.1) is 0 Å². The largest absolute Gasteiger partial charge is 0.508 e. The second kappa shape index (κ2) is 7.66. The van der Waals surface area contributed by atoms with Crippen LogP contribution in [0.15, 0.2) is 18.2 Å². The van der Waals surface area contributed by atoms with Crippen LogP contribution in [0.3, 0.4) is 0 Å².